The van der Waals surface area contributed by atoms with Crippen LogP contribution in [-0.4, -0.2) is 51.3 Å². The molecule has 7 nitrogen and oxygen atoms in total. The van der Waals surface area contributed by atoms with Crippen molar-refractivity contribution in [2.45, 2.75) is 13.8 Å². The molecule has 0 aliphatic rings. The maximum absolute atomic E-state index is 12.7. The molecule has 136 valence electrons. The predicted octanol–water partition coefficient (Wildman–Crippen LogP) is 0.200. The average molecular weight is 348 g/mol. The zero-order valence-corrected chi connectivity index (χ0v) is 15.2. The molecule has 2 rings (SSSR count). The number of carbonyl (C=O) groups excluding carboxylic acids is 1. The Morgan fingerprint density at radius 3 is 2.40 bits per heavy atom. The van der Waals surface area contributed by atoms with Crippen LogP contribution in [0.2, 0.25) is 0 Å². The molecule has 1 heterocycles. The number of ether oxygens (including phenoxy) is 2. The third-order valence-corrected chi connectivity index (χ3v) is 4.39. The summed E-state index contributed by atoms with van der Waals surface area (Å²) in [5, 5.41) is 3.21. The van der Waals surface area contributed by atoms with Gasteiger partial charge in [-0.2, -0.15) is 0 Å². The zero-order chi connectivity index (χ0) is 18.4. The SMILES string of the molecule is CC[NH+](CC)CCNC(=O)c1c[nH]c2cc(OC)c(OC)cc2c1=O. The number of aromatic nitrogens is 1. The smallest absolute Gasteiger partial charge is 0.256 e. The second-order valence-electron chi connectivity index (χ2n) is 5.75. The van der Waals surface area contributed by atoms with E-state index in [9.17, 15) is 9.59 Å². The van der Waals surface area contributed by atoms with Gasteiger partial charge in [-0.05, 0) is 19.9 Å². The van der Waals surface area contributed by atoms with E-state index in [1.54, 1.807) is 12.1 Å². The van der Waals surface area contributed by atoms with Gasteiger partial charge in [-0.25, -0.2) is 0 Å². The number of pyridine rings is 1. The molecule has 0 bridgehead atoms. The van der Waals surface area contributed by atoms with Crippen LogP contribution in [0.4, 0.5) is 0 Å². The van der Waals surface area contributed by atoms with Crippen LogP contribution in [0, 0.1) is 0 Å². The molecule has 7 heteroatoms. The largest absolute Gasteiger partial charge is 0.493 e. The molecule has 25 heavy (non-hydrogen) atoms. The minimum absolute atomic E-state index is 0.0919. The summed E-state index contributed by atoms with van der Waals surface area (Å²) in [5.41, 5.74) is 0.350. The monoisotopic (exact) mass is 348 g/mol. The van der Waals surface area contributed by atoms with E-state index < -0.39 is 0 Å². The minimum Gasteiger partial charge on any atom is -0.493 e. The van der Waals surface area contributed by atoms with Gasteiger partial charge in [0, 0.05) is 12.3 Å². The number of amides is 1. The highest BCUT2D eigenvalue weighted by Crippen LogP contribution is 2.30. The Hall–Kier alpha value is -2.54. The van der Waals surface area contributed by atoms with Crippen LogP contribution in [0.1, 0.15) is 24.2 Å². The molecule has 3 N–H and O–H groups in total. The van der Waals surface area contributed by atoms with Gasteiger partial charge in [-0.15, -0.1) is 0 Å². The summed E-state index contributed by atoms with van der Waals surface area (Å²) in [6.07, 6.45) is 1.44. The second kappa shape index (κ2) is 8.53. The number of rotatable bonds is 8. The fraction of sp³-hybridized carbons (Fsp3) is 0.444. The highest BCUT2D eigenvalue weighted by Gasteiger charge is 2.16. The molecular formula is C18H26N3O4+. The first kappa shape index (κ1) is 18.8. The summed E-state index contributed by atoms with van der Waals surface area (Å²) in [4.78, 5) is 29.4. The van der Waals surface area contributed by atoms with Crippen molar-refractivity contribution in [2.24, 2.45) is 0 Å². The highest BCUT2D eigenvalue weighted by molar-refractivity contribution is 5.97. The van der Waals surface area contributed by atoms with Gasteiger partial charge in [-0.1, -0.05) is 0 Å². The summed E-state index contributed by atoms with van der Waals surface area (Å²) in [6, 6.07) is 3.27. The van der Waals surface area contributed by atoms with E-state index >= 15 is 0 Å². The Labute approximate surface area is 146 Å². The first-order valence-corrected chi connectivity index (χ1v) is 8.44. The molecule has 0 aliphatic heterocycles. The van der Waals surface area contributed by atoms with E-state index in [0.29, 0.717) is 28.9 Å². The Bertz CT molecular complexity index is 797. The fourth-order valence-electron chi connectivity index (χ4n) is 2.77. The summed E-state index contributed by atoms with van der Waals surface area (Å²) < 4.78 is 10.5. The predicted molar refractivity (Wildman–Crippen MR) is 96.9 cm³/mol. The zero-order valence-electron chi connectivity index (χ0n) is 15.2. The average Bonchev–Trinajstić information content (AvgIpc) is 2.64. The number of benzene rings is 1. The minimum atomic E-state index is -0.371. The summed E-state index contributed by atoms with van der Waals surface area (Å²) in [5.74, 6) is 0.595. The molecule has 1 amide bonds. The molecule has 0 atom stereocenters. The van der Waals surface area contributed by atoms with Gasteiger partial charge in [0.2, 0.25) is 5.43 Å². The van der Waals surface area contributed by atoms with Crippen LogP contribution in [-0.2, 0) is 0 Å². The van der Waals surface area contributed by atoms with Crippen molar-refractivity contribution in [1.29, 1.82) is 0 Å². The van der Waals surface area contributed by atoms with Crippen molar-refractivity contribution in [1.82, 2.24) is 10.3 Å². The van der Waals surface area contributed by atoms with Crippen molar-refractivity contribution in [3.63, 3.8) is 0 Å². The van der Waals surface area contributed by atoms with E-state index in [-0.39, 0.29) is 16.9 Å². The summed E-state index contributed by atoms with van der Waals surface area (Å²) in [6.45, 7) is 7.58. The third-order valence-electron chi connectivity index (χ3n) is 4.39. The van der Waals surface area contributed by atoms with Gasteiger partial charge >= 0.3 is 0 Å². The van der Waals surface area contributed by atoms with Gasteiger partial charge in [-0.3, -0.25) is 9.59 Å². The summed E-state index contributed by atoms with van der Waals surface area (Å²) >= 11 is 0. The van der Waals surface area contributed by atoms with Crippen molar-refractivity contribution in [3.05, 3.63) is 34.1 Å². The molecular weight excluding hydrogens is 322 g/mol. The number of hydrogen-bond donors (Lipinski definition) is 3. The van der Waals surface area contributed by atoms with E-state index in [1.807, 2.05) is 0 Å². The number of hydrogen-bond acceptors (Lipinski definition) is 4. The van der Waals surface area contributed by atoms with E-state index in [0.717, 1.165) is 19.6 Å². The first-order valence-electron chi connectivity index (χ1n) is 8.44. The Morgan fingerprint density at radius 1 is 1.16 bits per heavy atom. The number of aromatic amines is 1. The molecule has 1 aromatic heterocycles. The molecule has 0 fully saturated rings. The van der Waals surface area contributed by atoms with E-state index in [4.69, 9.17) is 9.47 Å². The van der Waals surface area contributed by atoms with Gasteiger partial charge in [0.05, 0.1) is 51.3 Å². The number of likely N-dealkylation sites (N-methyl/N-ethyl adjacent to an activating group) is 1. The van der Waals surface area contributed by atoms with Crippen LogP contribution in [0.15, 0.2) is 23.1 Å². The highest BCUT2D eigenvalue weighted by atomic mass is 16.5. The van der Waals surface area contributed by atoms with Gasteiger partial charge in [0.15, 0.2) is 11.5 Å². The maximum atomic E-state index is 12.7. The van der Waals surface area contributed by atoms with Crippen molar-refractivity contribution < 1.29 is 19.2 Å². The second-order valence-corrected chi connectivity index (χ2v) is 5.75. The number of methoxy groups -OCH3 is 2. The van der Waals surface area contributed by atoms with Crippen molar-refractivity contribution in [3.8, 4) is 11.5 Å². The number of carbonyl (C=O) groups is 1. The number of nitrogens with one attached hydrogen (secondary N) is 3. The summed E-state index contributed by atoms with van der Waals surface area (Å²) in [7, 11) is 3.03. The van der Waals surface area contributed by atoms with E-state index in [1.165, 1.54) is 25.3 Å². The molecule has 0 saturated heterocycles. The van der Waals surface area contributed by atoms with Gasteiger partial charge in [0.1, 0.15) is 5.56 Å². The van der Waals surface area contributed by atoms with Crippen LogP contribution in [0.5, 0.6) is 11.5 Å². The lowest BCUT2D eigenvalue weighted by atomic mass is 10.1. The third kappa shape index (κ3) is 4.11. The fourth-order valence-corrected chi connectivity index (χ4v) is 2.77. The molecule has 0 unspecified atom stereocenters. The van der Waals surface area contributed by atoms with Crippen molar-refractivity contribution in [2.75, 3.05) is 40.4 Å². The lowest BCUT2D eigenvalue weighted by Gasteiger charge is -2.15. The maximum Gasteiger partial charge on any atom is 0.256 e. The molecule has 2 aromatic rings. The Morgan fingerprint density at radius 2 is 1.80 bits per heavy atom. The van der Waals surface area contributed by atoms with Crippen LogP contribution < -0.4 is 25.1 Å². The van der Waals surface area contributed by atoms with E-state index in [2.05, 4.69) is 24.1 Å². The number of fused-ring (bicyclic) bond motifs is 1. The van der Waals surface area contributed by atoms with Crippen LogP contribution >= 0.6 is 0 Å². The molecule has 0 saturated carbocycles. The number of quaternary nitrogens is 1. The first-order chi connectivity index (χ1) is 12.0. The van der Waals surface area contributed by atoms with Crippen molar-refractivity contribution >= 4 is 16.8 Å². The van der Waals surface area contributed by atoms with Crippen LogP contribution in [0.3, 0.4) is 0 Å². The Kier molecular flexibility index (Phi) is 6.41. The molecule has 1 aromatic carbocycles. The molecule has 0 radical (unpaired) electrons. The quantitative estimate of drug-likeness (QED) is 0.636. The van der Waals surface area contributed by atoms with Crippen LogP contribution in [0.25, 0.3) is 10.9 Å². The lowest BCUT2D eigenvalue weighted by molar-refractivity contribution is -0.895. The normalized spacial score (nSPS) is 10.9. The Balaban J connectivity index is 2.25. The topological polar surface area (TPSA) is 84.9 Å². The molecule has 0 spiro atoms. The number of H-pyrrole nitrogens is 1. The van der Waals surface area contributed by atoms with Gasteiger partial charge < -0.3 is 24.7 Å². The lowest BCUT2D eigenvalue weighted by Crippen LogP contribution is -3.12. The van der Waals surface area contributed by atoms with Gasteiger partial charge in [0.25, 0.3) is 5.91 Å². The molecule has 0 aliphatic carbocycles. The standard InChI is InChI=1S/C18H25N3O4/c1-5-21(6-2)8-7-19-18(23)13-11-20-14-10-16(25-4)15(24-3)9-12(14)17(13)22/h9-11H,5-8H2,1-4H3,(H,19,23)(H,20,22)/p+1.